The van der Waals surface area contributed by atoms with Crippen molar-refractivity contribution in [2.45, 2.75) is 19.4 Å². The summed E-state index contributed by atoms with van der Waals surface area (Å²) in [5, 5.41) is -0.205. The van der Waals surface area contributed by atoms with E-state index in [0.29, 0.717) is 5.56 Å². The molecule has 0 aliphatic carbocycles. The summed E-state index contributed by atoms with van der Waals surface area (Å²) in [5.41, 5.74) is 6.02. The van der Waals surface area contributed by atoms with Gasteiger partial charge < -0.3 is 10.5 Å². The maximum absolute atomic E-state index is 13.6. The van der Waals surface area contributed by atoms with E-state index in [1.807, 2.05) is 0 Å². The Morgan fingerprint density at radius 2 is 1.69 bits per heavy atom. The van der Waals surface area contributed by atoms with Crippen LogP contribution in [0.4, 0.5) is 8.78 Å². The fourth-order valence-electron chi connectivity index (χ4n) is 2.78. The number of nitrogens with two attached hydrogens (primary N) is 1. The number of benzene rings is 2. The topological polar surface area (TPSA) is 86.5 Å². The molecule has 0 heterocycles. The second-order valence-electron chi connectivity index (χ2n) is 6.37. The largest absolute Gasteiger partial charge is 0.448 e. The maximum Gasteiger partial charge on any atom is 0.320 e. The number of hydrogen-bond donors (Lipinski definition) is 1. The van der Waals surface area contributed by atoms with Gasteiger partial charge in [0.25, 0.3) is 0 Å². The summed E-state index contributed by atoms with van der Waals surface area (Å²) in [6.07, 6.45) is -1.25. The minimum Gasteiger partial charge on any atom is -0.448 e. The Morgan fingerprint density at radius 3 is 2.24 bits per heavy atom. The predicted molar refractivity (Wildman–Crippen MR) is 106 cm³/mol. The molecule has 2 N–H and O–H groups in total. The average Bonchev–Trinajstić information content (AvgIpc) is 2.68. The van der Waals surface area contributed by atoms with Crippen molar-refractivity contribution in [3.8, 4) is 0 Å². The first-order chi connectivity index (χ1) is 13.8. The quantitative estimate of drug-likeness (QED) is 0.626. The number of thioether (sulfide) groups is 1. The summed E-state index contributed by atoms with van der Waals surface area (Å²) in [4.78, 5) is 36.5. The minimum absolute atomic E-state index is 0.0166. The molecule has 29 heavy (non-hydrogen) atoms. The Bertz CT molecular complexity index is 856. The van der Waals surface area contributed by atoms with Crippen molar-refractivity contribution in [1.29, 1.82) is 0 Å². The molecule has 2 atom stereocenters. The summed E-state index contributed by atoms with van der Waals surface area (Å²) in [5.74, 6) is -3.51. The van der Waals surface area contributed by atoms with E-state index in [9.17, 15) is 23.2 Å². The van der Waals surface area contributed by atoms with E-state index in [0.717, 1.165) is 30.0 Å². The number of halogens is 2. The lowest BCUT2D eigenvalue weighted by Gasteiger charge is -2.23. The van der Waals surface area contributed by atoms with E-state index < -0.39 is 42.0 Å². The van der Waals surface area contributed by atoms with Gasteiger partial charge in [-0.15, -0.1) is 0 Å². The van der Waals surface area contributed by atoms with E-state index in [1.54, 1.807) is 30.3 Å². The van der Waals surface area contributed by atoms with Crippen LogP contribution in [0.15, 0.2) is 48.5 Å². The zero-order valence-corrected chi connectivity index (χ0v) is 16.6. The summed E-state index contributed by atoms with van der Waals surface area (Å²) in [6, 6.07) is 11.4. The molecule has 0 radical (unpaired) electrons. The lowest BCUT2D eigenvalue weighted by molar-refractivity contribution is -0.155. The van der Waals surface area contributed by atoms with Gasteiger partial charge in [-0.3, -0.25) is 14.4 Å². The van der Waals surface area contributed by atoms with Crippen LogP contribution in [0, 0.1) is 17.6 Å². The number of hydrogen-bond acceptors (Lipinski definition) is 6. The van der Waals surface area contributed by atoms with Gasteiger partial charge in [0, 0.05) is 24.7 Å². The van der Waals surface area contributed by atoms with Gasteiger partial charge in [-0.05, 0) is 29.7 Å². The van der Waals surface area contributed by atoms with E-state index in [-0.39, 0.29) is 22.9 Å². The van der Waals surface area contributed by atoms with Crippen LogP contribution < -0.4 is 5.73 Å². The van der Waals surface area contributed by atoms with Crippen molar-refractivity contribution in [3.63, 3.8) is 0 Å². The van der Waals surface area contributed by atoms with Crippen molar-refractivity contribution < 1.29 is 27.9 Å². The highest BCUT2D eigenvalue weighted by molar-refractivity contribution is 8.13. The second kappa shape index (κ2) is 10.8. The highest BCUT2D eigenvalue weighted by atomic mass is 32.2. The van der Waals surface area contributed by atoms with Crippen LogP contribution in [-0.2, 0) is 25.5 Å². The van der Waals surface area contributed by atoms with Crippen molar-refractivity contribution in [3.05, 3.63) is 71.3 Å². The highest BCUT2D eigenvalue weighted by Crippen LogP contribution is 2.27. The van der Waals surface area contributed by atoms with Crippen LogP contribution in [0.25, 0.3) is 0 Å². The number of rotatable bonds is 9. The molecule has 2 unspecified atom stereocenters. The third-order valence-electron chi connectivity index (χ3n) is 4.07. The normalized spacial score (nSPS) is 12.8. The van der Waals surface area contributed by atoms with Crippen LogP contribution in [0.3, 0.4) is 0 Å². The SMILES string of the molecule is CC(=O)SCC(Cc1cc(F)cc(F)c1)C(=O)C(OC(=O)CN)c1ccccc1. The van der Waals surface area contributed by atoms with Gasteiger partial charge in [0.15, 0.2) is 17.0 Å². The highest BCUT2D eigenvalue weighted by Gasteiger charge is 2.31. The molecule has 0 saturated heterocycles. The molecule has 0 aliphatic rings. The van der Waals surface area contributed by atoms with E-state index >= 15 is 0 Å². The molecular formula is C21H21F2NO4S. The summed E-state index contributed by atoms with van der Waals surface area (Å²) in [7, 11) is 0. The minimum atomic E-state index is -1.23. The number of ketones is 1. The standard InChI is InChI=1S/C21H21F2NO4S/c1-13(25)29-12-16(7-14-8-17(22)10-18(23)9-14)20(27)21(28-19(26)11-24)15-5-3-2-4-6-15/h2-6,8-10,16,21H,7,11-12,24H2,1H3. The molecule has 8 heteroatoms. The van der Waals surface area contributed by atoms with Crippen LogP contribution in [0.2, 0.25) is 0 Å². The fourth-order valence-corrected chi connectivity index (χ4v) is 3.50. The molecule has 0 fully saturated rings. The molecule has 0 amide bonds. The molecule has 0 aliphatic heterocycles. The lowest BCUT2D eigenvalue weighted by Crippen LogP contribution is -2.31. The Morgan fingerprint density at radius 1 is 1.07 bits per heavy atom. The van der Waals surface area contributed by atoms with Crippen LogP contribution in [0.1, 0.15) is 24.2 Å². The van der Waals surface area contributed by atoms with Gasteiger partial charge in [-0.1, -0.05) is 42.1 Å². The van der Waals surface area contributed by atoms with Crippen LogP contribution in [0.5, 0.6) is 0 Å². The fraction of sp³-hybridized carbons (Fsp3) is 0.286. The smallest absolute Gasteiger partial charge is 0.320 e. The number of carbonyl (C=O) groups excluding carboxylic acids is 3. The van der Waals surface area contributed by atoms with Crippen molar-refractivity contribution in [1.82, 2.24) is 0 Å². The molecular weight excluding hydrogens is 400 g/mol. The van der Waals surface area contributed by atoms with E-state index in [1.165, 1.54) is 6.92 Å². The molecule has 154 valence electrons. The zero-order chi connectivity index (χ0) is 21.4. The summed E-state index contributed by atoms with van der Waals surface area (Å²) >= 11 is 0.920. The maximum atomic E-state index is 13.6. The zero-order valence-electron chi connectivity index (χ0n) is 15.8. The summed E-state index contributed by atoms with van der Waals surface area (Å²) in [6.45, 7) is 0.954. The number of ether oxygens (including phenoxy) is 1. The van der Waals surface area contributed by atoms with E-state index in [4.69, 9.17) is 10.5 Å². The molecule has 0 aromatic heterocycles. The van der Waals surface area contributed by atoms with Gasteiger partial charge in [-0.2, -0.15) is 0 Å². The molecule has 0 saturated carbocycles. The van der Waals surface area contributed by atoms with Gasteiger partial charge >= 0.3 is 5.97 Å². The molecule has 2 rings (SSSR count). The van der Waals surface area contributed by atoms with E-state index in [2.05, 4.69) is 0 Å². The predicted octanol–water partition coefficient (Wildman–Crippen LogP) is 3.22. The van der Waals surface area contributed by atoms with Crippen molar-refractivity contribution >= 4 is 28.6 Å². The third kappa shape index (κ3) is 7.07. The first-order valence-corrected chi connectivity index (χ1v) is 9.85. The average molecular weight is 421 g/mol. The lowest BCUT2D eigenvalue weighted by atomic mass is 9.91. The van der Waals surface area contributed by atoms with Gasteiger partial charge in [0.1, 0.15) is 11.6 Å². The van der Waals surface area contributed by atoms with Gasteiger partial charge in [-0.25, -0.2) is 8.78 Å². The molecule has 2 aromatic rings. The molecule has 0 spiro atoms. The Labute approximate surface area is 171 Å². The Hall–Kier alpha value is -2.58. The first kappa shape index (κ1) is 22.7. The number of Topliss-reactive ketones (excluding diaryl/α,β-unsaturated/α-hetero) is 1. The Balaban J connectivity index is 2.35. The number of carbonyl (C=O) groups is 3. The summed E-state index contributed by atoms with van der Waals surface area (Å²) < 4.78 is 32.4. The van der Waals surface area contributed by atoms with Crippen molar-refractivity contribution in [2.75, 3.05) is 12.3 Å². The molecule has 2 aromatic carbocycles. The second-order valence-corrected chi connectivity index (χ2v) is 7.57. The molecule has 5 nitrogen and oxygen atoms in total. The van der Waals surface area contributed by atoms with Gasteiger partial charge in [0.2, 0.25) is 0 Å². The molecule has 0 bridgehead atoms. The first-order valence-electron chi connectivity index (χ1n) is 8.86. The van der Waals surface area contributed by atoms with Crippen LogP contribution in [-0.4, -0.2) is 29.2 Å². The van der Waals surface area contributed by atoms with Crippen molar-refractivity contribution in [2.24, 2.45) is 11.7 Å². The number of esters is 1. The van der Waals surface area contributed by atoms with Crippen LogP contribution >= 0.6 is 11.8 Å². The van der Waals surface area contributed by atoms with Gasteiger partial charge in [0.05, 0.1) is 6.54 Å². The monoisotopic (exact) mass is 421 g/mol. The Kier molecular flexibility index (Phi) is 8.48. The third-order valence-corrected chi connectivity index (χ3v) is 5.05.